The van der Waals surface area contributed by atoms with E-state index in [0.717, 1.165) is 11.1 Å². The van der Waals surface area contributed by atoms with Gasteiger partial charge in [0.05, 0.1) is 18.8 Å². The van der Waals surface area contributed by atoms with Gasteiger partial charge in [0.2, 0.25) is 0 Å². The predicted octanol–water partition coefficient (Wildman–Crippen LogP) is 4.93. The number of aliphatic imine (C=N–C) groups is 1. The first-order chi connectivity index (χ1) is 15.0. The van der Waals surface area contributed by atoms with Crippen LogP contribution in [-0.2, 0) is 19.1 Å². The molecule has 0 saturated heterocycles. The van der Waals surface area contributed by atoms with Crippen molar-refractivity contribution in [3.8, 4) is 0 Å². The lowest BCUT2D eigenvalue weighted by Gasteiger charge is -2.37. The van der Waals surface area contributed by atoms with E-state index in [4.69, 9.17) is 9.47 Å². The number of carbonyl (C=O) groups excluding carboxylic acids is 2. The molecule has 2 aromatic rings. The zero-order chi connectivity index (χ0) is 22.4. The summed E-state index contributed by atoms with van der Waals surface area (Å²) in [6.07, 6.45) is 0. The number of allylic oxidation sites excluding steroid dienone is 1. The predicted molar refractivity (Wildman–Crippen MR) is 121 cm³/mol. The third-order valence-electron chi connectivity index (χ3n) is 5.59. The second kappa shape index (κ2) is 10.2. The van der Waals surface area contributed by atoms with E-state index in [1.807, 2.05) is 67.6 Å². The van der Waals surface area contributed by atoms with Crippen molar-refractivity contribution in [2.75, 3.05) is 13.2 Å². The van der Waals surface area contributed by atoms with Crippen molar-refractivity contribution in [2.24, 2.45) is 16.8 Å². The number of rotatable bonds is 7. The summed E-state index contributed by atoms with van der Waals surface area (Å²) < 4.78 is 10.8. The third kappa shape index (κ3) is 4.76. The highest BCUT2D eigenvalue weighted by Crippen LogP contribution is 2.45. The Morgan fingerprint density at radius 1 is 0.871 bits per heavy atom. The van der Waals surface area contributed by atoms with Crippen molar-refractivity contribution in [1.82, 2.24) is 0 Å². The molecule has 1 heterocycles. The van der Waals surface area contributed by atoms with E-state index in [9.17, 15) is 9.59 Å². The molecule has 2 unspecified atom stereocenters. The van der Waals surface area contributed by atoms with Crippen LogP contribution in [0.2, 0.25) is 0 Å². The highest BCUT2D eigenvalue weighted by atomic mass is 16.5. The Morgan fingerprint density at radius 3 is 1.87 bits per heavy atom. The zero-order valence-electron chi connectivity index (χ0n) is 18.5. The van der Waals surface area contributed by atoms with Crippen LogP contribution in [0.25, 0.3) is 0 Å². The molecule has 2 aromatic carbocycles. The van der Waals surface area contributed by atoms with Gasteiger partial charge in [-0.25, -0.2) is 4.79 Å². The summed E-state index contributed by atoms with van der Waals surface area (Å²) in [5.41, 5.74) is 3.68. The van der Waals surface area contributed by atoms with Crippen molar-refractivity contribution in [1.29, 1.82) is 0 Å². The first-order valence-corrected chi connectivity index (χ1v) is 10.7. The number of carbonyl (C=O) groups is 2. The van der Waals surface area contributed by atoms with E-state index in [0.29, 0.717) is 17.0 Å². The molecule has 3 rings (SSSR count). The highest BCUT2D eigenvalue weighted by Gasteiger charge is 2.46. The molecular weight excluding hydrogens is 390 g/mol. The maximum absolute atomic E-state index is 13.1. The smallest absolute Gasteiger partial charge is 0.336 e. The van der Waals surface area contributed by atoms with Crippen LogP contribution in [0.5, 0.6) is 0 Å². The van der Waals surface area contributed by atoms with Crippen molar-refractivity contribution in [3.63, 3.8) is 0 Å². The van der Waals surface area contributed by atoms with Gasteiger partial charge >= 0.3 is 11.9 Å². The maximum Gasteiger partial charge on any atom is 0.336 e. The van der Waals surface area contributed by atoms with Gasteiger partial charge in [-0.2, -0.15) is 0 Å². The summed E-state index contributed by atoms with van der Waals surface area (Å²) in [5, 5.41) is 0. The maximum atomic E-state index is 13.1. The van der Waals surface area contributed by atoms with Crippen LogP contribution in [-0.4, -0.2) is 30.9 Å². The van der Waals surface area contributed by atoms with Gasteiger partial charge in [0.1, 0.15) is 5.92 Å². The SMILES string of the molecule is CCOC(=O)C1=C(C)N=C(C)C(C(=O)OCC)C1C(c1ccccc1)c1ccccc1. The molecule has 0 radical (unpaired) electrons. The minimum Gasteiger partial charge on any atom is -0.465 e. The fourth-order valence-electron chi connectivity index (χ4n) is 4.39. The molecular formula is C26H29NO4. The topological polar surface area (TPSA) is 65.0 Å². The molecule has 0 saturated carbocycles. The van der Waals surface area contributed by atoms with Crippen LogP contribution < -0.4 is 0 Å². The highest BCUT2D eigenvalue weighted by molar-refractivity contribution is 6.06. The van der Waals surface area contributed by atoms with Crippen molar-refractivity contribution >= 4 is 17.7 Å². The summed E-state index contributed by atoms with van der Waals surface area (Å²) in [5.74, 6) is -2.25. The Kier molecular flexibility index (Phi) is 7.40. The van der Waals surface area contributed by atoms with Crippen molar-refractivity contribution in [3.05, 3.63) is 83.1 Å². The standard InChI is InChI=1S/C26H29NO4/c1-5-30-25(28)21-17(3)27-18(4)22(26(29)31-6-2)24(21)23(19-13-9-7-10-14-19)20-15-11-8-12-16-20/h7-16,21,23-24H,5-6H2,1-4H3. The second-order valence-corrected chi connectivity index (χ2v) is 7.53. The first kappa shape index (κ1) is 22.5. The van der Waals surface area contributed by atoms with Crippen molar-refractivity contribution < 1.29 is 19.1 Å². The molecule has 0 aromatic heterocycles. The van der Waals surface area contributed by atoms with Gasteiger partial charge in [-0.15, -0.1) is 0 Å². The Bertz CT molecular complexity index is 939. The van der Waals surface area contributed by atoms with Gasteiger partial charge in [0, 0.05) is 23.2 Å². The molecule has 0 fully saturated rings. The average molecular weight is 420 g/mol. The van der Waals surface area contributed by atoms with E-state index in [1.165, 1.54) is 0 Å². The van der Waals surface area contributed by atoms with E-state index >= 15 is 0 Å². The summed E-state index contributed by atoms with van der Waals surface area (Å²) in [4.78, 5) is 30.8. The Balaban J connectivity index is 2.27. The molecule has 0 bridgehead atoms. The largest absolute Gasteiger partial charge is 0.465 e. The van der Waals surface area contributed by atoms with Gasteiger partial charge in [-0.1, -0.05) is 60.7 Å². The lowest BCUT2D eigenvalue weighted by atomic mass is 9.67. The molecule has 2 atom stereocenters. The molecule has 0 aliphatic carbocycles. The lowest BCUT2D eigenvalue weighted by Crippen LogP contribution is -2.41. The Morgan fingerprint density at radius 2 is 1.39 bits per heavy atom. The number of ether oxygens (including phenoxy) is 2. The van der Waals surface area contributed by atoms with Crippen molar-refractivity contribution in [2.45, 2.75) is 33.6 Å². The molecule has 0 amide bonds. The summed E-state index contributed by atoms with van der Waals surface area (Å²) in [6.45, 7) is 7.69. The van der Waals surface area contributed by atoms with Gasteiger partial charge < -0.3 is 9.47 Å². The fourth-order valence-corrected chi connectivity index (χ4v) is 4.39. The van der Waals surface area contributed by atoms with E-state index in [-0.39, 0.29) is 25.1 Å². The fraction of sp³-hybridized carbons (Fsp3) is 0.346. The summed E-state index contributed by atoms with van der Waals surface area (Å²) >= 11 is 0. The molecule has 5 heteroatoms. The molecule has 1 aliphatic heterocycles. The van der Waals surface area contributed by atoms with E-state index in [2.05, 4.69) is 4.99 Å². The average Bonchev–Trinajstić information content (AvgIpc) is 2.75. The Hall–Kier alpha value is -3.21. The number of esters is 2. The molecule has 31 heavy (non-hydrogen) atoms. The van der Waals surface area contributed by atoms with Gasteiger partial charge in [0.15, 0.2) is 0 Å². The van der Waals surface area contributed by atoms with Gasteiger partial charge in [-0.3, -0.25) is 9.79 Å². The van der Waals surface area contributed by atoms with Gasteiger partial charge in [-0.05, 0) is 38.8 Å². The second-order valence-electron chi connectivity index (χ2n) is 7.53. The number of nitrogens with zero attached hydrogens (tertiary/aromatic N) is 1. The summed E-state index contributed by atoms with van der Waals surface area (Å²) in [6, 6.07) is 19.9. The van der Waals surface area contributed by atoms with E-state index < -0.39 is 17.8 Å². The third-order valence-corrected chi connectivity index (χ3v) is 5.59. The van der Waals surface area contributed by atoms with Crippen LogP contribution >= 0.6 is 0 Å². The normalized spacial score (nSPS) is 18.5. The molecule has 1 aliphatic rings. The Labute approximate surface area is 183 Å². The quantitative estimate of drug-likeness (QED) is 0.597. The zero-order valence-corrected chi connectivity index (χ0v) is 18.5. The van der Waals surface area contributed by atoms with Gasteiger partial charge in [0.25, 0.3) is 0 Å². The minimum atomic E-state index is -0.687. The minimum absolute atomic E-state index is 0.246. The molecule has 0 N–H and O–H groups in total. The number of benzene rings is 2. The van der Waals surface area contributed by atoms with Crippen LogP contribution in [0.3, 0.4) is 0 Å². The monoisotopic (exact) mass is 419 g/mol. The summed E-state index contributed by atoms with van der Waals surface area (Å²) in [7, 11) is 0. The number of hydrogen-bond acceptors (Lipinski definition) is 5. The van der Waals surface area contributed by atoms with Crippen LogP contribution in [0.4, 0.5) is 0 Å². The van der Waals surface area contributed by atoms with E-state index in [1.54, 1.807) is 20.8 Å². The number of hydrogen-bond donors (Lipinski definition) is 0. The lowest BCUT2D eigenvalue weighted by molar-refractivity contribution is -0.147. The molecule has 5 nitrogen and oxygen atoms in total. The first-order valence-electron chi connectivity index (χ1n) is 10.7. The van der Waals surface area contributed by atoms with Crippen LogP contribution in [0.15, 0.2) is 76.9 Å². The molecule has 162 valence electrons. The van der Waals surface area contributed by atoms with Crippen LogP contribution in [0, 0.1) is 11.8 Å². The molecule has 0 spiro atoms. The van der Waals surface area contributed by atoms with Crippen LogP contribution in [0.1, 0.15) is 44.7 Å².